The highest BCUT2D eigenvalue weighted by Gasteiger charge is 2.33. The summed E-state index contributed by atoms with van der Waals surface area (Å²) in [6.07, 6.45) is 3.99. The summed E-state index contributed by atoms with van der Waals surface area (Å²) in [5, 5.41) is 13.3. The molecule has 0 unspecified atom stereocenters. The predicted octanol–water partition coefficient (Wildman–Crippen LogP) is 1.95. The molecular weight excluding hydrogens is 202 g/mol. The lowest BCUT2D eigenvalue weighted by molar-refractivity contribution is -0.0202. The molecule has 1 aromatic carbocycles. The van der Waals surface area contributed by atoms with Crippen LogP contribution in [0.4, 0.5) is 5.69 Å². The van der Waals surface area contributed by atoms with Crippen LogP contribution in [0.5, 0.6) is 5.75 Å². The second-order valence-electron chi connectivity index (χ2n) is 4.85. The number of hydrogen-bond acceptors (Lipinski definition) is 3. The lowest BCUT2D eigenvalue weighted by Crippen LogP contribution is -2.43. The van der Waals surface area contributed by atoms with E-state index in [1.54, 1.807) is 0 Å². The maximum atomic E-state index is 9.97. The largest absolute Gasteiger partial charge is 0.493 e. The van der Waals surface area contributed by atoms with Crippen molar-refractivity contribution in [3.8, 4) is 5.75 Å². The number of rotatable bonds is 3. The first-order valence-electron chi connectivity index (χ1n) is 5.97. The monoisotopic (exact) mass is 219 g/mol. The van der Waals surface area contributed by atoms with Gasteiger partial charge in [-0.1, -0.05) is 6.07 Å². The van der Waals surface area contributed by atoms with Crippen LogP contribution in [0.1, 0.15) is 24.8 Å². The first-order chi connectivity index (χ1) is 7.75. The Balaban J connectivity index is 1.66. The molecule has 0 aromatic heterocycles. The molecule has 0 bridgehead atoms. The first-order valence-corrected chi connectivity index (χ1v) is 5.97. The standard InChI is InChI=1S/C13H17NO2/c15-13(5-1-6-13)9-14-11-3-2-10-4-7-16-12(10)8-11/h2-3,8,14-15H,1,4-7,9H2. The predicted molar refractivity (Wildman–Crippen MR) is 62.9 cm³/mol. The van der Waals surface area contributed by atoms with Gasteiger partial charge in [0.05, 0.1) is 12.2 Å². The van der Waals surface area contributed by atoms with Gasteiger partial charge in [0.25, 0.3) is 0 Å². The van der Waals surface area contributed by atoms with Gasteiger partial charge in [-0.25, -0.2) is 0 Å². The second kappa shape index (κ2) is 3.67. The Kier molecular flexibility index (Phi) is 2.28. The van der Waals surface area contributed by atoms with E-state index in [2.05, 4.69) is 17.4 Å². The summed E-state index contributed by atoms with van der Waals surface area (Å²) in [6.45, 7) is 1.44. The summed E-state index contributed by atoms with van der Waals surface area (Å²) in [4.78, 5) is 0. The van der Waals surface area contributed by atoms with Gasteiger partial charge in [-0.15, -0.1) is 0 Å². The van der Waals surface area contributed by atoms with Crippen molar-refractivity contribution in [2.24, 2.45) is 0 Å². The molecule has 3 heteroatoms. The van der Waals surface area contributed by atoms with E-state index >= 15 is 0 Å². The summed E-state index contributed by atoms with van der Waals surface area (Å²) in [6, 6.07) is 6.20. The molecule has 16 heavy (non-hydrogen) atoms. The van der Waals surface area contributed by atoms with Crippen LogP contribution in [-0.4, -0.2) is 23.9 Å². The number of anilines is 1. The molecule has 1 saturated carbocycles. The van der Waals surface area contributed by atoms with Crippen molar-refractivity contribution in [3.63, 3.8) is 0 Å². The molecule has 3 nitrogen and oxygen atoms in total. The van der Waals surface area contributed by atoms with Crippen LogP contribution in [-0.2, 0) is 6.42 Å². The molecule has 1 aromatic rings. The Morgan fingerprint density at radius 2 is 2.25 bits per heavy atom. The van der Waals surface area contributed by atoms with Gasteiger partial charge in [-0.2, -0.15) is 0 Å². The van der Waals surface area contributed by atoms with Crippen LogP contribution in [0.15, 0.2) is 18.2 Å². The summed E-state index contributed by atoms with van der Waals surface area (Å²) in [5.41, 5.74) is 1.86. The summed E-state index contributed by atoms with van der Waals surface area (Å²) in [7, 11) is 0. The van der Waals surface area contributed by atoms with Gasteiger partial charge in [-0.3, -0.25) is 0 Å². The fraction of sp³-hybridized carbons (Fsp3) is 0.538. The Morgan fingerprint density at radius 3 is 3.00 bits per heavy atom. The Morgan fingerprint density at radius 1 is 1.38 bits per heavy atom. The fourth-order valence-electron chi connectivity index (χ4n) is 2.30. The first kappa shape index (κ1) is 9.97. The van der Waals surface area contributed by atoms with Gasteiger partial charge in [0.2, 0.25) is 0 Å². The van der Waals surface area contributed by atoms with Crippen molar-refractivity contribution in [1.82, 2.24) is 0 Å². The minimum absolute atomic E-state index is 0.472. The van der Waals surface area contributed by atoms with Crippen molar-refractivity contribution in [3.05, 3.63) is 23.8 Å². The van der Waals surface area contributed by atoms with Crippen molar-refractivity contribution in [2.75, 3.05) is 18.5 Å². The van der Waals surface area contributed by atoms with Crippen LogP contribution in [0.2, 0.25) is 0 Å². The number of aliphatic hydroxyl groups is 1. The molecule has 1 aliphatic heterocycles. The van der Waals surface area contributed by atoms with Gasteiger partial charge in [0.1, 0.15) is 5.75 Å². The zero-order chi connectivity index (χ0) is 11.0. The number of nitrogens with one attached hydrogen (secondary N) is 1. The van der Waals surface area contributed by atoms with Gasteiger partial charge >= 0.3 is 0 Å². The minimum atomic E-state index is -0.472. The topological polar surface area (TPSA) is 41.5 Å². The fourth-order valence-corrected chi connectivity index (χ4v) is 2.30. The molecule has 0 radical (unpaired) electrons. The Hall–Kier alpha value is -1.22. The average Bonchev–Trinajstić information content (AvgIpc) is 2.70. The lowest BCUT2D eigenvalue weighted by Gasteiger charge is -2.36. The maximum absolute atomic E-state index is 9.97. The molecule has 0 saturated heterocycles. The van der Waals surface area contributed by atoms with Crippen LogP contribution >= 0.6 is 0 Å². The molecule has 1 heterocycles. The molecule has 2 N–H and O–H groups in total. The molecule has 1 fully saturated rings. The Bertz CT molecular complexity index is 399. The smallest absolute Gasteiger partial charge is 0.124 e. The van der Waals surface area contributed by atoms with E-state index in [1.807, 2.05) is 6.07 Å². The van der Waals surface area contributed by atoms with Crippen LogP contribution in [0, 0.1) is 0 Å². The van der Waals surface area contributed by atoms with Gasteiger partial charge in [-0.05, 0) is 30.9 Å². The molecule has 3 rings (SSSR count). The molecule has 2 aliphatic rings. The van der Waals surface area contributed by atoms with Gasteiger partial charge in [0, 0.05) is 24.7 Å². The molecule has 0 spiro atoms. The molecule has 86 valence electrons. The second-order valence-corrected chi connectivity index (χ2v) is 4.85. The highest BCUT2D eigenvalue weighted by molar-refractivity contribution is 5.53. The van der Waals surface area contributed by atoms with Crippen LogP contribution in [0.25, 0.3) is 0 Å². The highest BCUT2D eigenvalue weighted by atomic mass is 16.5. The number of fused-ring (bicyclic) bond motifs is 1. The minimum Gasteiger partial charge on any atom is -0.493 e. The number of hydrogen-bond donors (Lipinski definition) is 2. The average molecular weight is 219 g/mol. The van der Waals surface area contributed by atoms with Gasteiger partial charge in [0.15, 0.2) is 0 Å². The molecular formula is C13H17NO2. The number of ether oxygens (including phenoxy) is 1. The van der Waals surface area contributed by atoms with Gasteiger partial charge < -0.3 is 15.2 Å². The third-order valence-electron chi connectivity index (χ3n) is 3.60. The van der Waals surface area contributed by atoms with E-state index in [0.717, 1.165) is 43.7 Å². The van der Waals surface area contributed by atoms with Crippen LogP contribution in [0.3, 0.4) is 0 Å². The third kappa shape index (κ3) is 1.76. The van der Waals surface area contributed by atoms with E-state index in [9.17, 15) is 5.11 Å². The normalized spacial score (nSPS) is 20.8. The molecule has 0 atom stereocenters. The zero-order valence-electron chi connectivity index (χ0n) is 9.33. The maximum Gasteiger partial charge on any atom is 0.124 e. The van der Waals surface area contributed by atoms with E-state index in [0.29, 0.717) is 6.54 Å². The third-order valence-corrected chi connectivity index (χ3v) is 3.60. The van der Waals surface area contributed by atoms with Crippen LogP contribution < -0.4 is 10.1 Å². The van der Waals surface area contributed by atoms with Crippen molar-refractivity contribution in [1.29, 1.82) is 0 Å². The van der Waals surface area contributed by atoms with E-state index in [4.69, 9.17) is 4.74 Å². The summed E-state index contributed by atoms with van der Waals surface area (Å²) >= 11 is 0. The summed E-state index contributed by atoms with van der Waals surface area (Å²) < 4.78 is 5.51. The van der Waals surface area contributed by atoms with E-state index in [-0.39, 0.29) is 0 Å². The number of benzene rings is 1. The molecule has 0 amide bonds. The van der Waals surface area contributed by atoms with Crippen molar-refractivity contribution in [2.45, 2.75) is 31.3 Å². The highest BCUT2D eigenvalue weighted by Crippen LogP contribution is 2.33. The van der Waals surface area contributed by atoms with Crippen molar-refractivity contribution < 1.29 is 9.84 Å². The van der Waals surface area contributed by atoms with E-state index in [1.165, 1.54) is 5.56 Å². The zero-order valence-corrected chi connectivity index (χ0v) is 9.33. The SMILES string of the molecule is OC1(CNc2ccc3c(c2)OCC3)CCC1. The quantitative estimate of drug-likeness (QED) is 0.816. The van der Waals surface area contributed by atoms with E-state index < -0.39 is 5.60 Å². The lowest BCUT2D eigenvalue weighted by atomic mass is 9.80. The van der Waals surface area contributed by atoms with Crippen molar-refractivity contribution >= 4 is 5.69 Å². The molecule has 1 aliphatic carbocycles. The summed E-state index contributed by atoms with van der Waals surface area (Å²) in [5.74, 6) is 0.991. The Labute approximate surface area is 95.4 Å².